The molecule has 0 amide bonds. The summed E-state index contributed by atoms with van der Waals surface area (Å²) in [6.07, 6.45) is 5.41. The maximum atomic E-state index is 3.67. The second-order valence-electron chi connectivity index (χ2n) is 7.30. The molecule has 1 N–H and O–H groups in total. The molecule has 0 spiro atoms. The highest BCUT2D eigenvalue weighted by atomic mass is 15.1. The topological polar surface area (TPSA) is 15.3 Å². The van der Waals surface area contributed by atoms with Gasteiger partial charge in [0.15, 0.2) is 0 Å². The van der Waals surface area contributed by atoms with Crippen LogP contribution in [0.4, 0.5) is 0 Å². The zero-order valence-electron chi connectivity index (χ0n) is 12.7. The molecule has 0 bridgehead atoms. The summed E-state index contributed by atoms with van der Waals surface area (Å²) >= 11 is 0. The van der Waals surface area contributed by atoms with E-state index in [0.717, 1.165) is 12.1 Å². The van der Waals surface area contributed by atoms with E-state index >= 15 is 0 Å². The van der Waals surface area contributed by atoms with E-state index in [2.05, 4.69) is 51.9 Å². The molecule has 1 rings (SSSR count). The van der Waals surface area contributed by atoms with Crippen molar-refractivity contribution in [1.82, 2.24) is 10.2 Å². The molecule has 0 atom stereocenters. The molecular formula is C15H32N2. The van der Waals surface area contributed by atoms with E-state index in [1.54, 1.807) is 0 Å². The van der Waals surface area contributed by atoms with Crippen LogP contribution in [0.2, 0.25) is 0 Å². The van der Waals surface area contributed by atoms with Gasteiger partial charge in [0.2, 0.25) is 0 Å². The third-order valence-corrected chi connectivity index (χ3v) is 3.61. The molecule has 2 nitrogen and oxygen atoms in total. The van der Waals surface area contributed by atoms with Gasteiger partial charge >= 0.3 is 0 Å². The largest absolute Gasteiger partial charge is 0.312 e. The fraction of sp³-hybridized carbons (Fsp3) is 1.00. The van der Waals surface area contributed by atoms with Crippen LogP contribution in [0.3, 0.4) is 0 Å². The average Bonchev–Trinajstić information content (AvgIpc) is 2.15. The first-order valence-electron chi connectivity index (χ1n) is 7.24. The van der Waals surface area contributed by atoms with Gasteiger partial charge in [-0.15, -0.1) is 0 Å². The molecule has 0 aromatic heterocycles. The summed E-state index contributed by atoms with van der Waals surface area (Å²) in [4.78, 5) is 2.57. The normalized spacial score (nSPS) is 26.8. The smallest absolute Gasteiger partial charge is 0.00935 e. The van der Waals surface area contributed by atoms with Crippen LogP contribution in [-0.2, 0) is 0 Å². The van der Waals surface area contributed by atoms with Gasteiger partial charge in [-0.2, -0.15) is 0 Å². The molecule has 1 saturated carbocycles. The molecule has 102 valence electrons. The Morgan fingerprint density at radius 2 is 1.65 bits per heavy atom. The summed E-state index contributed by atoms with van der Waals surface area (Å²) in [5.74, 6) is 0. The first kappa shape index (κ1) is 15.0. The Bertz CT molecular complexity index is 209. The summed E-state index contributed by atoms with van der Waals surface area (Å²) < 4.78 is 0. The van der Waals surface area contributed by atoms with Gasteiger partial charge in [0, 0.05) is 24.7 Å². The van der Waals surface area contributed by atoms with E-state index < -0.39 is 0 Å². The minimum absolute atomic E-state index is 0.418. The minimum atomic E-state index is 0.418. The summed E-state index contributed by atoms with van der Waals surface area (Å²) in [7, 11) is 2.30. The zero-order chi connectivity index (χ0) is 13.1. The summed E-state index contributed by atoms with van der Waals surface area (Å²) in [5.41, 5.74) is 0.418. The van der Waals surface area contributed by atoms with Crippen molar-refractivity contribution < 1.29 is 0 Å². The minimum Gasteiger partial charge on any atom is -0.312 e. The lowest BCUT2D eigenvalue weighted by Gasteiger charge is -2.38. The SMILES string of the molecule is CC(C)N[C@H]1CC[C@@H](N(C)CC(C)(C)C)CC1. The lowest BCUT2D eigenvalue weighted by Crippen LogP contribution is -2.44. The van der Waals surface area contributed by atoms with Gasteiger partial charge in [0.05, 0.1) is 0 Å². The van der Waals surface area contributed by atoms with Crippen molar-refractivity contribution in [3.8, 4) is 0 Å². The number of rotatable bonds is 4. The third-order valence-electron chi connectivity index (χ3n) is 3.61. The lowest BCUT2D eigenvalue weighted by molar-refractivity contribution is 0.130. The third kappa shape index (κ3) is 5.87. The number of nitrogens with one attached hydrogen (secondary N) is 1. The Balaban J connectivity index is 2.31. The van der Waals surface area contributed by atoms with Crippen LogP contribution in [0.15, 0.2) is 0 Å². The fourth-order valence-electron chi connectivity index (χ4n) is 3.03. The van der Waals surface area contributed by atoms with Crippen molar-refractivity contribution in [1.29, 1.82) is 0 Å². The van der Waals surface area contributed by atoms with E-state index in [4.69, 9.17) is 0 Å². The average molecular weight is 240 g/mol. The molecule has 0 heterocycles. The van der Waals surface area contributed by atoms with Crippen LogP contribution in [0.1, 0.15) is 60.3 Å². The van der Waals surface area contributed by atoms with E-state index in [1.807, 2.05) is 0 Å². The van der Waals surface area contributed by atoms with Gasteiger partial charge < -0.3 is 10.2 Å². The summed E-state index contributed by atoms with van der Waals surface area (Å²) in [6, 6.07) is 2.19. The Hall–Kier alpha value is -0.0800. The molecule has 0 saturated heterocycles. The van der Waals surface area contributed by atoms with Gasteiger partial charge in [0.25, 0.3) is 0 Å². The Morgan fingerprint density at radius 1 is 1.12 bits per heavy atom. The number of hydrogen-bond donors (Lipinski definition) is 1. The molecular weight excluding hydrogens is 208 g/mol. The van der Waals surface area contributed by atoms with Gasteiger partial charge in [-0.1, -0.05) is 34.6 Å². The van der Waals surface area contributed by atoms with Crippen molar-refractivity contribution in [2.24, 2.45) is 5.41 Å². The van der Waals surface area contributed by atoms with Crippen molar-refractivity contribution in [3.63, 3.8) is 0 Å². The Morgan fingerprint density at radius 3 is 2.06 bits per heavy atom. The van der Waals surface area contributed by atoms with E-state index in [1.165, 1.54) is 32.2 Å². The van der Waals surface area contributed by atoms with Crippen LogP contribution in [0.25, 0.3) is 0 Å². The highest BCUT2D eigenvalue weighted by molar-refractivity contribution is 4.83. The maximum absolute atomic E-state index is 3.67. The monoisotopic (exact) mass is 240 g/mol. The van der Waals surface area contributed by atoms with Crippen LogP contribution < -0.4 is 5.32 Å². The highest BCUT2D eigenvalue weighted by Crippen LogP contribution is 2.25. The molecule has 17 heavy (non-hydrogen) atoms. The Labute approximate surface area is 108 Å². The fourth-order valence-corrected chi connectivity index (χ4v) is 3.03. The molecule has 0 aliphatic heterocycles. The summed E-state index contributed by atoms with van der Waals surface area (Å²) in [5, 5.41) is 3.67. The first-order valence-corrected chi connectivity index (χ1v) is 7.24. The van der Waals surface area contributed by atoms with Gasteiger partial charge in [0.1, 0.15) is 0 Å². The first-order chi connectivity index (χ1) is 7.78. The molecule has 1 fully saturated rings. The van der Waals surface area contributed by atoms with Crippen LogP contribution >= 0.6 is 0 Å². The van der Waals surface area contributed by atoms with Gasteiger partial charge in [-0.25, -0.2) is 0 Å². The Kier molecular flexibility index (Phi) is 5.46. The standard InChI is InChI=1S/C15H32N2/c1-12(2)16-13-7-9-14(10-8-13)17(6)11-15(3,4)5/h12-14,16H,7-11H2,1-6H3/t13-,14+. The van der Waals surface area contributed by atoms with Crippen LogP contribution in [0.5, 0.6) is 0 Å². The van der Waals surface area contributed by atoms with Crippen molar-refractivity contribution in [2.75, 3.05) is 13.6 Å². The van der Waals surface area contributed by atoms with Gasteiger partial charge in [-0.3, -0.25) is 0 Å². The van der Waals surface area contributed by atoms with Gasteiger partial charge in [-0.05, 0) is 38.1 Å². The van der Waals surface area contributed by atoms with Crippen LogP contribution in [0, 0.1) is 5.41 Å². The van der Waals surface area contributed by atoms with Crippen molar-refractivity contribution in [2.45, 2.75) is 78.4 Å². The molecule has 0 aromatic carbocycles. The zero-order valence-corrected chi connectivity index (χ0v) is 12.7. The molecule has 1 aliphatic rings. The maximum Gasteiger partial charge on any atom is 0.00935 e. The quantitative estimate of drug-likeness (QED) is 0.811. The molecule has 0 aromatic rings. The summed E-state index contributed by atoms with van der Waals surface area (Å²) in [6.45, 7) is 12.7. The van der Waals surface area contributed by atoms with E-state index in [9.17, 15) is 0 Å². The van der Waals surface area contributed by atoms with Crippen LogP contribution in [-0.4, -0.2) is 36.6 Å². The predicted molar refractivity (Wildman–Crippen MR) is 76.4 cm³/mol. The second kappa shape index (κ2) is 6.19. The van der Waals surface area contributed by atoms with E-state index in [0.29, 0.717) is 11.5 Å². The van der Waals surface area contributed by atoms with Crippen molar-refractivity contribution in [3.05, 3.63) is 0 Å². The number of hydrogen-bond acceptors (Lipinski definition) is 2. The molecule has 0 unspecified atom stereocenters. The molecule has 2 heteroatoms. The second-order valence-corrected chi connectivity index (χ2v) is 7.30. The lowest BCUT2D eigenvalue weighted by atomic mass is 9.88. The van der Waals surface area contributed by atoms with E-state index in [-0.39, 0.29) is 0 Å². The highest BCUT2D eigenvalue weighted by Gasteiger charge is 2.26. The molecule has 0 radical (unpaired) electrons. The number of nitrogens with zero attached hydrogens (tertiary/aromatic N) is 1. The molecule has 1 aliphatic carbocycles. The van der Waals surface area contributed by atoms with Crippen molar-refractivity contribution >= 4 is 0 Å². The predicted octanol–water partition coefficient (Wildman–Crippen LogP) is 3.27.